The van der Waals surface area contributed by atoms with E-state index in [1.165, 1.54) is 0 Å². The van der Waals surface area contributed by atoms with Crippen LogP contribution in [0.5, 0.6) is 0 Å². The highest BCUT2D eigenvalue weighted by atomic mass is 35.5. The Morgan fingerprint density at radius 3 is 2.17 bits per heavy atom. The SMILES string of the molecule is C[C@H]1CN(S(=O)(=O)N2CCCCCC2)CCN1.Cl. The topological polar surface area (TPSA) is 52.7 Å². The third kappa shape index (κ3) is 3.81. The van der Waals surface area contributed by atoms with E-state index in [1.807, 2.05) is 6.92 Å². The largest absolute Gasteiger partial charge is 0.312 e. The van der Waals surface area contributed by atoms with Crippen LogP contribution in [0.1, 0.15) is 32.6 Å². The standard InChI is InChI=1S/C11H23N3O2S.ClH/c1-11-10-14(9-6-12-11)17(15,16)13-7-4-2-3-5-8-13;/h11-12H,2-10H2,1H3;1H/t11-;/m0./s1. The van der Waals surface area contributed by atoms with E-state index in [0.717, 1.165) is 32.2 Å². The second-order valence-corrected chi connectivity index (χ2v) is 6.96. The normalized spacial score (nSPS) is 28.4. The zero-order valence-corrected chi connectivity index (χ0v) is 12.6. The Morgan fingerprint density at radius 2 is 1.61 bits per heavy atom. The molecule has 0 aromatic rings. The van der Waals surface area contributed by atoms with E-state index >= 15 is 0 Å². The number of piperazine rings is 1. The Balaban J connectivity index is 0.00000162. The van der Waals surface area contributed by atoms with Crippen LogP contribution in [0.15, 0.2) is 0 Å². The summed E-state index contributed by atoms with van der Waals surface area (Å²) in [6.07, 6.45) is 4.32. The first-order chi connectivity index (χ1) is 8.10. The molecule has 2 aliphatic heterocycles. The van der Waals surface area contributed by atoms with Crippen LogP contribution in [0.2, 0.25) is 0 Å². The van der Waals surface area contributed by atoms with Crippen molar-refractivity contribution in [3.05, 3.63) is 0 Å². The fourth-order valence-electron chi connectivity index (χ4n) is 2.54. The quantitative estimate of drug-likeness (QED) is 0.821. The molecule has 0 radical (unpaired) electrons. The van der Waals surface area contributed by atoms with Crippen molar-refractivity contribution in [2.45, 2.75) is 38.6 Å². The van der Waals surface area contributed by atoms with E-state index in [9.17, 15) is 8.42 Å². The van der Waals surface area contributed by atoms with Crippen molar-refractivity contribution >= 4 is 22.6 Å². The minimum atomic E-state index is -3.21. The maximum absolute atomic E-state index is 12.5. The highest BCUT2D eigenvalue weighted by Gasteiger charge is 2.32. The molecule has 18 heavy (non-hydrogen) atoms. The van der Waals surface area contributed by atoms with Gasteiger partial charge in [-0.15, -0.1) is 12.4 Å². The maximum Gasteiger partial charge on any atom is 0.282 e. The lowest BCUT2D eigenvalue weighted by Crippen LogP contribution is -2.55. The molecule has 0 aromatic carbocycles. The second-order valence-electron chi connectivity index (χ2n) is 5.03. The molecule has 0 aromatic heterocycles. The molecule has 2 fully saturated rings. The van der Waals surface area contributed by atoms with Gasteiger partial charge in [0, 0.05) is 38.8 Å². The summed E-state index contributed by atoms with van der Waals surface area (Å²) in [5.41, 5.74) is 0. The summed E-state index contributed by atoms with van der Waals surface area (Å²) in [7, 11) is -3.21. The van der Waals surface area contributed by atoms with Crippen LogP contribution >= 0.6 is 12.4 Å². The monoisotopic (exact) mass is 297 g/mol. The zero-order chi connectivity index (χ0) is 12.3. The minimum Gasteiger partial charge on any atom is -0.312 e. The average Bonchev–Trinajstić information content (AvgIpc) is 2.58. The molecule has 0 saturated carbocycles. The minimum absolute atomic E-state index is 0. The Hall–Kier alpha value is 0.120. The Morgan fingerprint density at radius 1 is 1.00 bits per heavy atom. The average molecular weight is 298 g/mol. The number of nitrogens with zero attached hydrogens (tertiary/aromatic N) is 2. The van der Waals surface area contributed by atoms with Crippen molar-refractivity contribution in [1.29, 1.82) is 0 Å². The molecule has 0 bridgehead atoms. The van der Waals surface area contributed by atoms with Gasteiger partial charge in [0.2, 0.25) is 0 Å². The molecule has 2 saturated heterocycles. The first-order valence-electron chi connectivity index (χ1n) is 6.59. The van der Waals surface area contributed by atoms with Crippen molar-refractivity contribution in [2.75, 3.05) is 32.7 Å². The molecule has 2 rings (SSSR count). The fraction of sp³-hybridized carbons (Fsp3) is 1.00. The van der Waals surface area contributed by atoms with E-state index in [0.29, 0.717) is 26.2 Å². The number of nitrogens with one attached hydrogen (secondary N) is 1. The molecule has 7 heteroatoms. The van der Waals surface area contributed by atoms with E-state index < -0.39 is 10.2 Å². The van der Waals surface area contributed by atoms with Gasteiger partial charge in [0.15, 0.2) is 0 Å². The van der Waals surface area contributed by atoms with E-state index in [-0.39, 0.29) is 18.4 Å². The third-order valence-corrected chi connectivity index (χ3v) is 5.55. The van der Waals surface area contributed by atoms with Crippen LogP contribution in [-0.4, -0.2) is 55.8 Å². The Labute approximate surface area is 116 Å². The van der Waals surface area contributed by atoms with E-state index in [2.05, 4.69) is 5.32 Å². The summed E-state index contributed by atoms with van der Waals surface area (Å²) < 4.78 is 28.2. The summed E-state index contributed by atoms with van der Waals surface area (Å²) in [6, 6.07) is 0.255. The van der Waals surface area contributed by atoms with Crippen molar-refractivity contribution in [3.8, 4) is 0 Å². The van der Waals surface area contributed by atoms with Gasteiger partial charge in [-0.25, -0.2) is 0 Å². The van der Waals surface area contributed by atoms with Gasteiger partial charge in [-0.1, -0.05) is 12.8 Å². The lowest BCUT2D eigenvalue weighted by atomic mass is 10.2. The van der Waals surface area contributed by atoms with Crippen molar-refractivity contribution in [3.63, 3.8) is 0 Å². The van der Waals surface area contributed by atoms with Crippen LogP contribution in [-0.2, 0) is 10.2 Å². The first kappa shape index (κ1) is 16.2. The molecule has 0 spiro atoms. The number of hydrogen-bond donors (Lipinski definition) is 1. The lowest BCUT2D eigenvalue weighted by Gasteiger charge is -2.34. The number of halogens is 1. The summed E-state index contributed by atoms with van der Waals surface area (Å²) in [4.78, 5) is 0. The van der Waals surface area contributed by atoms with Gasteiger partial charge < -0.3 is 5.32 Å². The molecule has 1 atom stereocenters. The molecular weight excluding hydrogens is 274 g/mol. The van der Waals surface area contributed by atoms with Crippen LogP contribution in [0, 0.1) is 0 Å². The highest BCUT2D eigenvalue weighted by molar-refractivity contribution is 7.86. The van der Waals surface area contributed by atoms with Gasteiger partial charge >= 0.3 is 0 Å². The Kier molecular flexibility index (Phi) is 6.34. The van der Waals surface area contributed by atoms with Crippen LogP contribution in [0.3, 0.4) is 0 Å². The predicted molar refractivity (Wildman–Crippen MR) is 75.2 cm³/mol. The molecule has 108 valence electrons. The predicted octanol–water partition coefficient (Wildman–Crippen LogP) is 0.823. The fourth-order valence-corrected chi connectivity index (χ4v) is 4.32. The molecule has 0 unspecified atom stereocenters. The molecule has 2 aliphatic rings. The smallest absolute Gasteiger partial charge is 0.282 e. The van der Waals surface area contributed by atoms with Crippen LogP contribution in [0.25, 0.3) is 0 Å². The maximum atomic E-state index is 12.5. The second kappa shape index (κ2) is 7.05. The summed E-state index contributed by atoms with van der Waals surface area (Å²) in [5.74, 6) is 0. The highest BCUT2D eigenvalue weighted by Crippen LogP contribution is 2.17. The van der Waals surface area contributed by atoms with Gasteiger partial charge in [-0.05, 0) is 19.8 Å². The summed E-state index contributed by atoms with van der Waals surface area (Å²) >= 11 is 0. The van der Waals surface area contributed by atoms with Crippen LogP contribution < -0.4 is 5.32 Å². The van der Waals surface area contributed by atoms with E-state index in [1.54, 1.807) is 8.61 Å². The third-order valence-electron chi connectivity index (χ3n) is 3.55. The number of rotatable bonds is 2. The lowest BCUT2D eigenvalue weighted by molar-refractivity contribution is 0.281. The van der Waals surface area contributed by atoms with Crippen LogP contribution in [0.4, 0.5) is 0 Å². The van der Waals surface area contributed by atoms with Crippen molar-refractivity contribution < 1.29 is 8.42 Å². The molecule has 0 amide bonds. The van der Waals surface area contributed by atoms with Gasteiger partial charge in [-0.3, -0.25) is 0 Å². The molecule has 2 heterocycles. The van der Waals surface area contributed by atoms with Gasteiger partial charge in [0.25, 0.3) is 10.2 Å². The van der Waals surface area contributed by atoms with E-state index in [4.69, 9.17) is 0 Å². The summed E-state index contributed by atoms with van der Waals surface area (Å²) in [5, 5.41) is 3.27. The zero-order valence-electron chi connectivity index (χ0n) is 11.0. The van der Waals surface area contributed by atoms with Crippen molar-refractivity contribution in [2.24, 2.45) is 0 Å². The molecule has 1 N–H and O–H groups in total. The summed E-state index contributed by atoms with van der Waals surface area (Å²) in [6.45, 7) is 5.38. The van der Waals surface area contributed by atoms with Gasteiger partial charge in [0.1, 0.15) is 0 Å². The first-order valence-corrected chi connectivity index (χ1v) is 7.99. The Bertz CT molecular complexity index is 334. The van der Waals surface area contributed by atoms with Gasteiger partial charge in [-0.2, -0.15) is 17.0 Å². The molecular formula is C11H24ClN3O2S. The van der Waals surface area contributed by atoms with Crippen molar-refractivity contribution in [1.82, 2.24) is 13.9 Å². The van der Waals surface area contributed by atoms with Gasteiger partial charge in [0.05, 0.1) is 0 Å². The molecule has 5 nitrogen and oxygen atoms in total. The number of hydrogen-bond acceptors (Lipinski definition) is 3. The molecule has 0 aliphatic carbocycles.